The molecule has 0 radical (unpaired) electrons. The van der Waals surface area contributed by atoms with Gasteiger partial charge in [0.1, 0.15) is 5.75 Å². The first-order valence-electron chi connectivity index (χ1n) is 5.54. The monoisotopic (exact) mass is 325 g/mol. The van der Waals surface area contributed by atoms with Gasteiger partial charge in [-0.3, -0.25) is 0 Å². The molecular weight excluding hydrogens is 314 g/mol. The Balaban J connectivity index is 2.37. The third kappa shape index (κ3) is 2.68. The fourth-order valence-corrected chi connectivity index (χ4v) is 2.09. The molecule has 2 rings (SSSR count). The molecule has 94 valence electrons. The van der Waals surface area contributed by atoms with Gasteiger partial charge in [-0.05, 0) is 71.6 Å². The van der Waals surface area contributed by atoms with Crippen LogP contribution in [0.4, 0.5) is 0 Å². The van der Waals surface area contributed by atoms with E-state index in [0.29, 0.717) is 5.88 Å². The van der Waals surface area contributed by atoms with E-state index < -0.39 is 0 Å². The summed E-state index contributed by atoms with van der Waals surface area (Å²) in [5.41, 5.74) is 3.08. The summed E-state index contributed by atoms with van der Waals surface area (Å²) >= 11 is 9.60. The fourth-order valence-electron chi connectivity index (χ4n) is 1.66. The Hall–Kier alpha value is -1.06. The molecule has 18 heavy (non-hydrogen) atoms. The lowest BCUT2D eigenvalue weighted by atomic mass is 10.1. The van der Waals surface area contributed by atoms with Gasteiger partial charge >= 0.3 is 0 Å². The van der Waals surface area contributed by atoms with Crippen molar-refractivity contribution < 1.29 is 4.74 Å². The van der Waals surface area contributed by atoms with Crippen molar-refractivity contribution in [2.75, 3.05) is 0 Å². The van der Waals surface area contributed by atoms with Gasteiger partial charge < -0.3 is 4.74 Å². The zero-order valence-electron chi connectivity index (χ0n) is 10.4. The summed E-state index contributed by atoms with van der Waals surface area (Å²) in [5.74, 6) is 1.31. The highest BCUT2D eigenvalue weighted by atomic mass is 79.9. The second-order valence-electron chi connectivity index (χ2n) is 4.22. The molecule has 0 amide bonds. The van der Waals surface area contributed by atoms with Gasteiger partial charge in [0, 0.05) is 11.2 Å². The maximum absolute atomic E-state index is 6.13. The maximum Gasteiger partial charge on any atom is 0.233 e. The molecule has 0 saturated carbocycles. The second kappa shape index (κ2) is 5.29. The Bertz CT molecular complexity index is 575. The molecule has 4 heteroatoms. The highest BCUT2D eigenvalue weighted by molar-refractivity contribution is 9.10. The Labute approximate surface area is 120 Å². The summed E-state index contributed by atoms with van der Waals surface area (Å²) in [6, 6.07) is 5.74. The predicted octanol–water partition coefficient (Wildman–Crippen LogP) is 5.22. The van der Waals surface area contributed by atoms with Gasteiger partial charge in [-0.1, -0.05) is 11.6 Å². The fraction of sp³-hybridized carbons (Fsp3) is 0.214. The van der Waals surface area contributed by atoms with Crippen molar-refractivity contribution in [3.05, 3.63) is 50.6 Å². The van der Waals surface area contributed by atoms with Crippen LogP contribution in [-0.4, -0.2) is 4.98 Å². The molecule has 2 nitrogen and oxygen atoms in total. The van der Waals surface area contributed by atoms with Crippen molar-refractivity contribution in [3.8, 4) is 11.6 Å². The van der Waals surface area contributed by atoms with Gasteiger partial charge in [0.05, 0.1) is 4.47 Å². The number of aromatic nitrogens is 1. The number of aryl methyl sites for hydroxylation is 3. The molecule has 2 aromatic rings. The number of benzene rings is 1. The molecular formula is C14H13BrClNO. The lowest BCUT2D eigenvalue weighted by Gasteiger charge is -2.10. The van der Waals surface area contributed by atoms with Gasteiger partial charge in [0.15, 0.2) is 0 Å². The van der Waals surface area contributed by atoms with Gasteiger partial charge in [-0.2, -0.15) is 0 Å². The number of ether oxygens (including phenoxy) is 1. The lowest BCUT2D eigenvalue weighted by Crippen LogP contribution is -1.92. The number of hydrogen-bond donors (Lipinski definition) is 0. The van der Waals surface area contributed by atoms with Crippen LogP contribution in [0.5, 0.6) is 11.6 Å². The quantitative estimate of drug-likeness (QED) is 0.755. The minimum absolute atomic E-state index is 0.566. The van der Waals surface area contributed by atoms with Crippen molar-refractivity contribution in [1.29, 1.82) is 0 Å². The third-order valence-corrected chi connectivity index (χ3v) is 4.24. The summed E-state index contributed by atoms with van der Waals surface area (Å²) < 4.78 is 6.66. The molecule has 0 N–H and O–H groups in total. The predicted molar refractivity (Wildman–Crippen MR) is 77.7 cm³/mol. The minimum Gasteiger partial charge on any atom is -0.438 e. The standard InChI is InChI=1S/C14H13BrClNO/c1-8-4-5-17-14(12(8)15)18-11-6-9(2)13(16)10(3)7-11/h4-7H,1-3H3. The molecule has 0 fully saturated rings. The van der Waals surface area contributed by atoms with E-state index in [9.17, 15) is 0 Å². The zero-order valence-corrected chi connectivity index (χ0v) is 12.8. The highest BCUT2D eigenvalue weighted by Crippen LogP contribution is 2.32. The zero-order chi connectivity index (χ0) is 13.3. The maximum atomic E-state index is 6.13. The van der Waals surface area contributed by atoms with Crippen LogP contribution in [-0.2, 0) is 0 Å². The van der Waals surface area contributed by atoms with E-state index in [4.69, 9.17) is 16.3 Å². The SMILES string of the molecule is Cc1cc(Oc2nccc(C)c2Br)cc(C)c1Cl. The largest absolute Gasteiger partial charge is 0.438 e. The van der Waals surface area contributed by atoms with Crippen molar-refractivity contribution in [1.82, 2.24) is 4.98 Å². The van der Waals surface area contributed by atoms with E-state index >= 15 is 0 Å². The highest BCUT2D eigenvalue weighted by Gasteiger charge is 2.09. The molecule has 1 aromatic carbocycles. The van der Waals surface area contributed by atoms with E-state index in [1.807, 2.05) is 39.0 Å². The minimum atomic E-state index is 0.566. The van der Waals surface area contributed by atoms with Crippen LogP contribution in [0.2, 0.25) is 5.02 Å². The molecule has 0 bridgehead atoms. The molecule has 0 atom stereocenters. The van der Waals surface area contributed by atoms with Crippen LogP contribution < -0.4 is 4.74 Å². The van der Waals surface area contributed by atoms with Gasteiger partial charge in [0.2, 0.25) is 5.88 Å². The Kier molecular flexibility index (Phi) is 3.93. The summed E-state index contributed by atoms with van der Waals surface area (Å²) in [6.45, 7) is 5.92. The Morgan fingerprint density at radius 1 is 1.11 bits per heavy atom. The van der Waals surface area contributed by atoms with Gasteiger partial charge in [-0.25, -0.2) is 4.98 Å². The van der Waals surface area contributed by atoms with Crippen molar-refractivity contribution in [2.24, 2.45) is 0 Å². The van der Waals surface area contributed by atoms with Crippen LogP contribution in [0, 0.1) is 20.8 Å². The average molecular weight is 327 g/mol. The summed E-state index contributed by atoms with van der Waals surface area (Å²) in [7, 11) is 0. The first-order valence-corrected chi connectivity index (χ1v) is 6.72. The van der Waals surface area contributed by atoms with Crippen molar-refractivity contribution >= 4 is 27.5 Å². The molecule has 0 unspecified atom stereocenters. The van der Waals surface area contributed by atoms with E-state index in [0.717, 1.165) is 31.9 Å². The molecule has 0 saturated heterocycles. The Morgan fingerprint density at radius 3 is 2.33 bits per heavy atom. The van der Waals surface area contributed by atoms with E-state index in [1.54, 1.807) is 6.20 Å². The van der Waals surface area contributed by atoms with Crippen molar-refractivity contribution in [2.45, 2.75) is 20.8 Å². The smallest absolute Gasteiger partial charge is 0.233 e. The van der Waals surface area contributed by atoms with Crippen LogP contribution in [0.3, 0.4) is 0 Å². The third-order valence-electron chi connectivity index (χ3n) is 2.67. The van der Waals surface area contributed by atoms with Gasteiger partial charge in [0.25, 0.3) is 0 Å². The van der Waals surface area contributed by atoms with E-state index in [1.165, 1.54) is 0 Å². The topological polar surface area (TPSA) is 22.1 Å². The second-order valence-corrected chi connectivity index (χ2v) is 5.39. The molecule has 0 aliphatic carbocycles. The normalized spacial score (nSPS) is 10.5. The Morgan fingerprint density at radius 2 is 1.72 bits per heavy atom. The molecule has 1 heterocycles. The number of rotatable bonds is 2. The molecule has 0 aliphatic rings. The molecule has 1 aromatic heterocycles. The van der Waals surface area contributed by atoms with Gasteiger partial charge in [-0.15, -0.1) is 0 Å². The van der Waals surface area contributed by atoms with Crippen LogP contribution in [0.25, 0.3) is 0 Å². The molecule has 0 spiro atoms. The first-order chi connectivity index (χ1) is 8.49. The van der Waals surface area contributed by atoms with Crippen molar-refractivity contribution in [3.63, 3.8) is 0 Å². The number of pyridine rings is 1. The summed E-state index contributed by atoms with van der Waals surface area (Å²) in [6.07, 6.45) is 1.73. The number of halogens is 2. The summed E-state index contributed by atoms with van der Waals surface area (Å²) in [4.78, 5) is 4.21. The first kappa shape index (κ1) is 13.4. The lowest BCUT2D eigenvalue weighted by molar-refractivity contribution is 0.458. The van der Waals surface area contributed by atoms with E-state index in [2.05, 4.69) is 20.9 Å². The average Bonchev–Trinajstić information content (AvgIpc) is 2.32. The van der Waals surface area contributed by atoms with Crippen LogP contribution in [0.15, 0.2) is 28.9 Å². The number of nitrogens with zero attached hydrogens (tertiary/aromatic N) is 1. The van der Waals surface area contributed by atoms with Crippen LogP contribution in [0.1, 0.15) is 16.7 Å². The summed E-state index contributed by atoms with van der Waals surface area (Å²) in [5, 5.41) is 0.776. The molecule has 0 aliphatic heterocycles. The van der Waals surface area contributed by atoms with E-state index in [-0.39, 0.29) is 0 Å². The van der Waals surface area contributed by atoms with Crippen LogP contribution >= 0.6 is 27.5 Å². The number of hydrogen-bond acceptors (Lipinski definition) is 2.